The summed E-state index contributed by atoms with van der Waals surface area (Å²) in [6.07, 6.45) is 4.46. The number of carbonyl (C=O) groups is 1. The Kier molecular flexibility index (Phi) is 4.78. The van der Waals surface area contributed by atoms with Gasteiger partial charge in [-0.2, -0.15) is 0 Å². The third kappa shape index (κ3) is 3.28. The van der Waals surface area contributed by atoms with E-state index in [1.54, 1.807) is 42.5 Å². The van der Waals surface area contributed by atoms with E-state index >= 15 is 0 Å². The summed E-state index contributed by atoms with van der Waals surface area (Å²) in [5.74, 6) is 0.331. The van der Waals surface area contributed by atoms with Crippen molar-refractivity contribution in [3.05, 3.63) is 56.4 Å². The second kappa shape index (κ2) is 7.09. The molecule has 0 bridgehead atoms. The summed E-state index contributed by atoms with van der Waals surface area (Å²) >= 11 is 7.72. The molecule has 5 nitrogen and oxygen atoms in total. The van der Waals surface area contributed by atoms with E-state index in [0.717, 1.165) is 29.7 Å². The summed E-state index contributed by atoms with van der Waals surface area (Å²) in [5.41, 5.74) is 1.51. The van der Waals surface area contributed by atoms with Gasteiger partial charge in [0.25, 0.3) is 5.56 Å². The van der Waals surface area contributed by atoms with Gasteiger partial charge in [0.15, 0.2) is 0 Å². The fourth-order valence-electron chi connectivity index (χ4n) is 3.55. The standard InChI is InChI=1S/C20H20ClN3O2S/c1-11-7-8-13-16(9-11)27-19-17(13)20(26)24(10-22-19)12(2)18(25)23-15-6-4-3-5-14(15)21/h3-6,10-12H,7-9H2,1-2H3,(H,23,25)/t11-,12-/m1/s1. The van der Waals surface area contributed by atoms with Gasteiger partial charge in [-0.1, -0.05) is 30.7 Å². The molecule has 1 aromatic carbocycles. The lowest BCUT2D eigenvalue weighted by atomic mass is 9.89. The molecule has 0 spiro atoms. The quantitative estimate of drug-likeness (QED) is 0.705. The Morgan fingerprint density at radius 2 is 2.19 bits per heavy atom. The maximum atomic E-state index is 13.1. The highest BCUT2D eigenvalue weighted by Crippen LogP contribution is 2.35. The van der Waals surface area contributed by atoms with E-state index in [4.69, 9.17) is 11.6 Å². The molecule has 2 atom stereocenters. The second-order valence-corrected chi connectivity index (χ2v) is 8.62. The van der Waals surface area contributed by atoms with Gasteiger partial charge in [-0.25, -0.2) is 4.98 Å². The first-order valence-electron chi connectivity index (χ1n) is 9.02. The van der Waals surface area contributed by atoms with Gasteiger partial charge in [-0.3, -0.25) is 14.2 Å². The molecule has 0 fully saturated rings. The number of anilines is 1. The minimum absolute atomic E-state index is 0.145. The molecule has 1 amide bonds. The topological polar surface area (TPSA) is 64.0 Å². The summed E-state index contributed by atoms with van der Waals surface area (Å²) in [4.78, 5) is 32.3. The fraction of sp³-hybridized carbons (Fsp3) is 0.350. The van der Waals surface area contributed by atoms with Crippen LogP contribution in [0.25, 0.3) is 10.2 Å². The second-order valence-electron chi connectivity index (χ2n) is 7.13. The van der Waals surface area contributed by atoms with Crippen LogP contribution in [0.4, 0.5) is 5.69 Å². The molecule has 0 saturated heterocycles. The summed E-state index contributed by atoms with van der Waals surface area (Å²) in [7, 11) is 0. The molecule has 2 aromatic heterocycles. The van der Waals surface area contributed by atoms with Crippen molar-refractivity contribution in [3.8, 4) is 0 Å². The number of benzene rings is 1. The lowest BCUT2D eigenvalue weighted by Crippen LogP contribution is -2.32. The van der Waals surface area contributed by atoms with Crippen LogP contribution >= 0.6 is 22.9 Å². The van der Waals surface area contributed by atoms with Crippen LogP contribution in [-0.4, -0.2) is 15.5 Å². The molecule has 2 heterocycles. The Morgan fingerprint density at radius 1 is 1.41 bits per heavy atom. The largest absolute Gasteiger partial charge is 0.323 e. The molecule has 4 rings (SSSR count). The van der Waals surface area contributed by atoms with E-state index in [0.29, 0.717) is 22.0 Å². The number of amides is 1. The molecule has 27 heavy (non-hydrogen) atoms. The Bertz CT molecular complexity index is 1090. The monoisotopic (exact) mass is 401 g/mol. The van der Waals surface area contributed by atoms with Gasteiger partial charge in [0.1, 0.15) is 10.9 Å². The molecule has 140 valence electrons. The van der Waals surface area contributed by atoms with Gasteiger partial charge in [-0.15, -0.1) is 11.3 Å². The molecular formula is C20H20ClN3O2S. The van der Waals surface area contributed by atoms with E-state index in [9.17, 15) is 9.59 Å². The van der Waals surface area contributed by atoms with Crippen molar-refractivity contribution in [2.45, 2.75) is 39.2 Å². The van der Waals surface area contributed by atoms with E-state index in [1.807, 2.05) is 0 Å². The summed E-state index contributed by atoms with van der Waals surface area (Å²) in [6.45, 7) is 3.93. The summed E-state index contributed by atoms with van der Waals surface area (Å²) in [6, 6.07) is 6.34. The number of hydrogen-bond donors (Lipinski definition) is 1. The maximum Gasteiger partial charge on any atom is 0.263 e. The zero-order valence-corrected chi connectivity index (χ0v) is 16.7. The Hall–Kier alpha value is -2.18. The molecule has 3 aromatic rings. The van der Waals surface area contributed by atoms with Gasteiger partial charge in [0.05, 0.1) is 22.4 Å². The molecule has 0 aliphatic heterocycles. The van der Waals surface area contributed by atoms with Crippen molar-refractivity contribution in [2.75, 3.05) is 5.32 Å². The van der Waals surface area contributed by atoms with Gasteiger partial charge in [0, 0.05) is 4.88 Å². The van der Waals surface area contributed by atoms with Gasteiger partial charge in [0.2, 0.25) is 5.91 Å². The number of nitrogens with zero attached hydrogens (tertiary/aromatic N) is 2. The predicted molar refractivity (Wildman–Crippen MR) is 110 cm³/mol. The number of thiophene rings is 1. The van der Waals surface area contributed by atoms with Crippen LogP contribution in [0.5, 0.6) is 0 Å². The molecule has 1 aliphatic rings. The van der Waals surface area contributed by atoms with E-state index in [1.165, 1.54) is 15.8 Å². The maximum absolute atomic E-state index is 13.1. The average molecular weight is 402 g/mol. The number of para-hydroxylation sites is 1. The van der Waals surface area contributed by atoms with Crippen molar-refractivity contribution >= 4 is 44.7 Å². The summed E-state index contributed by atoms with van der Waals surface area (Å²) in [5, 5.41) is 3.93. The highest BCUT2D eigenvalue weighted by Gasteiger charge is 2.25. The molecule has 0 unspecified atom stereocenters. The SMILES string of the molecule is C[C@@H]1CCc2c(sc3ncn([C@H](C)C(=O)Nc4ccccc4Cl)c(=O)c23)C1. The van der Waals surface area contributed by atoms with Crippen molar-refractivity contribution in [1.29, 1.82) is 0 Å². The van der Waals surface area contributed by atoms with Crippen LogP contribution in [0.3, 0.4) is 0 Å². The van der Waals surface area contributed by atoms with Gasteiger partial charge < -0.3 is 5.32 Å². The van der Waals surface area contributed by atoms with Crippen molar-refractivity contribution in [2.24, 2.45) is 5.92 Å². The molecule has 1 N–H and O–H groups in total. The van der Waals surface area contributed by atoms with E-state index < -0.39 is 6.04 Å². The minimum Gasteiger partial charge on any atom is -0.323 e. The van der Waals surface area contributed by atoms with Crippen LogP contribution in [0.15, 0.2) is 35.4 Å². The number of aromatic nitrogens is 2. The molecule has 1 aliphatic carbocycles. The van der Waals surface area contributed by atoms with Crippen LogP contribution < -0.4 is 10.9 Å². The normalized spacial score (nSPS) is 17.5. The average Bonchev–Trinajstić information content (AvgIpc) is 3.01. The van der Waals surface area contributed by atoms with Crippen molar-refractivity contribution in [3.63, 3.8) is 0 Å². The lowest BCUT2D eigenvalue weighted by Gasteiger charge is -2.18. The first-order chi connectivity index (χ1) is 13.0. The van der Waals surface area contributed by atoms with Crippen molar-refractivity contribution in [1.82, 2.24) is 9.55 Å². The third-order valence-corrected chi connectivity index (χ3v) is 6.66. The number of rotatable bonds is 3. The Morgan fingerprint density at radius 3 is 2.96 bits per heavy atom. The number of carbonyl (C=O) groups excluding carboxylic acids is 1. The van der Waals surface area contributed by atoms with Gasteiger partial charge in [-0.05, 0) is 49.8 Å². The van der Waals surface area contributed by atoms with Crippen LogP contribution in [0.1, 0.15) is 36.8 Å². The summed E-state index contributed by atoms with van der Waals surface area (Å²) < 4.78 is 1.42. The first-order valence-corrected chi connectivity index (χ1v) is 10.2. The van der Waals surface area contributed by atoms with Gasteiger partial charge >= 0.3 is 0 Å². The number of fused-ring (bicyclic) bond motifs is 3. The molecule has 0 saturated carbocycles. The fourth-order valence-corrected chi connectivity index (χ4v) is 5.07. The van der Waals surface area contributed by atoms with Crippen LogP contribution in [-0.2, 0) is 17.6 Å². The zero-order valence-electron chi connectivity index (χ0n) is 15.2. The predicted octanol–water partition coefficient (Wildman–Crippen LogP) is 4.44. The van der Waals surface area contributed by atoms with Crippen LogP contribution in [0.2, 0.25) is 5.02 Å². The number of hydrogen-bond acceptors (Lipinski definition) is 4. The van der Waals surface area contributed by atoms with E-state index in [2.05, 4.69) is 17.2 Å². The highest BCUT2D eigenvalue weighted by atomic mass is 35.5. The lowest BCUT2D eigenvalue weighted by molar-refractivity contribution is -0.118. The number of halogens is 1. The minimum atomic E-state index is -0.691. The molecular weight excluding hydrogens is 382 g/mol. The zero-order chi connectivity index (χ0) is 19.1. The smallest absolute Gasteiger partial charge is 0.263 e. The van der Waals surface area contributed by atoms with E-state index in [-0.39, 0.29) is 11.5 Å². The van der Waals surface area contributed by atoms with Crippen molar-refractivity contribution < 1.29 is 4.79 Å². The van der Waals surface area contributed by atoms with Crippen LogP contribution in [0, 0.1) is 5.92 Å². The third-order valence-electron chi connectivity index (χ3n) is 5.17. The Balaban J connectivity index is 1.69. The number of aryl methyl sites for hydroxylation is 1. The highest BCUT2D eigenvalue weighted by molar-refractivity contribution is 7.18. The number of nitrogens with one attached hydrogen (secondary N) is 1. The molecule has 7 heteroatoms. The Labute approximate surface area is 166 Å². The molecule has 0 radical (unpaired) electrons. The first kappa shape index (κ1) is 18.2.